The number of benzene rings is 2. The Morgan fingerprint density at radius 1 is 1.22 bits per heavy atom. The molecule has 0 bridgehead atoms. The van der Waals surface area contributed by atoms with Gasteiger partial charge in [-0.1, -0.05) is 17.7 Å². The van der Waals surface area contributed by atoms with Crippen molar-refractivity contribution < 1.29 is 14.3 Å². The Balaban J connectivity index is 1.67. The molecule has 1 fully saturated rings. The van der Waals surface area contributed by atoms with Crippen LogP contribution in [0, 0.1) is 12.8 Å². The molecule has 1 aliphatic heterocycles. The molecule has 2 aromatic carbocycles. The lowest BCUT2D eigenvalue weighted by Crippen LogP contribution is -2.28. The molecule has 0 aromatic heterocycles. The van der Waals surface area contributed by atoms with E-state index in [2.05, 4.69) is 5.32 Å². The predicted octanol–water partition coefficient (Wildman–Crippen LogP) is 4.43. The highest BCUT2D eigenvalue weighted by molar-refractivity contribution is 6.31. The zero-order chi connectivity index (χ0) is 19.6. The van der Waals surface area contributed by atoms with Crippen LogP contribution in [-0.2, 0) is 9.59 Å². The minimum Gasteiger partial charge on any atom is -0.491 e. The number of ether oxygens (including phenoxy) is 1. The average Bonchev–Trinajstić information content (AvgIpc) is 3.01. The summed E-state index contributed by atoms with van der Waals surface area (Å²) in [5.41, 5.74) is 2.26. The zero-order valence-electron chi connectivity index (χ0n) is 15.7. The maximum absolute atomic E-state index is 12.6. The van der Waals surface area contributed by atoms with Gasteiger partial charge in [0.2, 0.25) is 11.8 Å². The zero-order valence-corrected chi connectivity index (χ0v) is 16.4. The first kappa shape index (κ1) is 19.2. The smallest absolute Gasteiger partial charge is 0.229 e. The van der Waals surface area contributed by atoms with E-state index < -0.39 is 5.92 Å². The summed E-state index contributed by atoms with van der Waals surface area (Å²) in [6, 6.07) is 12.7. The molecule has 6 heteroatoms. The van der Waals surface area contributed by atoms with E-state index in [1.165, 1.54) is 0 Å². The van der Waals surface area contributed by atoms with Gasteiger partial charge in [-0.3, -0.25) is 9.59 Å². The molecule has 2 aromatic rings. The summed E-state index contributed by atoms with van der Waals surface area (Å²) in [5, 5.41) is 3.49. The van der Waals surface area contributed by atoms with Crippen molar-refractivity contribution in [1.29, 1.82) is 0 Å². The lowest BCUT2D eigenvalue weighted by atomic mass is 10.1. The molecular weight excluding hydrogens is 364 g/mol. The molecule has 1 aliphatic rings. The van der Waals surface area contributed by atoms with Crippen LogP contribution in [0.15, 0.2) is 42.5 Å². The van der Waals surface area contributed by atoms with Gasteiger partial charge in [0.05, 0.1) is 12.0 Å². The van der Waals surface area contributed by atoms with Gasteiger partial charge in [-0.25, -0.2) is 0 Å². The Hall–Kier alpha value is -2.53. The molecule has 1 atom stereocenters. The SMILES string of the molecule is Cc1c(Cl)cccc1NC(=O)[C@@H]1CC(=O)N(c2ccc(OC(C)C)cc2)C1. The molecule has 3 rings (SSSR count). The largest absolute Gasteiger partial charge is 0.491 e. The standard InChI is InChI=1S/C21H23ClN2O3/c1-13(2)27-17-9-7-16(8-10-17)24-12-15(11-20(24)25)21(26)23-19-6-4-5-18(22)14(19)3/h4-10,13,15H,11-12H2,1-3H3,(H,23,26)/t15-/m1/s1. The van der Waals surface area contributed by atoms with Crippen LogP contribution in [0.1, 0.15) is 25.8 Å². The van der Waals surface area contributed by atoms with Crippen molar-refractivity contribution in [2.75, 3.05) is 16.8 Å². The summed E-state index contributed by atoms with van der Waals surface area (Å²) in [6.45, 7) is 6.13. The van der Waals surface area contributed by atoms with Gasteiger partial charge in [0.15, 0.2) is 0 Å². The summed E-state index contributed by atoms with van der Waals surface area (Å²) in [6.07, 6.45) is 0.280. The predicted molar refractivity (Wildman–Crippen MR) is 107 cm³/mol. The highest BCUT2D eigenvalue weighted by atomic mass is 35.5. The molecule has 142 valence electrons. The number of carbonyl (C=O) groups excluding carboxylic acids is 2. The molecule has 0 saturated carbocycles. The monoisotopic (exact) mass is 386 g/mol. The van der Waals surface area contributed by atoms with Gasteiger partial charge in [0.1, 0.15) is 5.75 Å². The Labute approximate surface area is 164 Å². The number of anilines is 2. The third kappa shape index (κ3) is 4.42. The fraction of sp³-hybridized carbons (Fsp3) is 0.333. The first-order valence-corrected chi connectivity index (χ1v) is 9.36. The van der Waals surface area contributed by atoms with Crippen LogP contribution < -0.4 is 15.0 Å². The summed E-state index contributed by atoms with van der Waals surface area (Å²) in [5.74, 6) is 0.125. The van der Waals surface area contributed by atoms with Gasteiger partial charge in [-0.15, -0.1) is 0 Å². The molecule has 1 saturated heterocycles. The Kier molecular flexibility index (Phi) is 5.71. The highest BCUT2D eigenvalue weighted by Crippen LogP contribution is 2.29. The summed E-state index contributed by atoms with van der Waals surface area (Å²) in [7, 11) is 0. The van der Waals surface area contributed by atoms with E-state index in [0.29, 0.717) is 17.3 Å². The van der Waals surface area contributed by atoms with E-state index in [1.807, 2.05) is 45.0 Å². The quantitative estimate of drug-likeness (QED) is 0.827. The number of halogens is 1. The minimum absolute atomic E-state index is 0.0597. The number of nitrogens with one attached hydrogen (secondary N) is 1. The van der Waals surface area contributed by atoms with Gasteiger partial charge in [-0.05, 0) is 62.7 Å². The van der Waals surface area contributed by atoms with Crippen molar-refractivity contribution in [2.45, 2.75) is 33.3 Å². The maximum Gasteiger partial charge on any atom is 0.229 e. The second-order valence-corrected chi connectivity index (χ2v) is 7.37. The first-order valence-electron chi connectivity index (χ1n) is 8.98. The number of carbonyl (C=O) groups is 2. The van der Waals surface area contributed by atoms with Gasteiger partial charge in [-0.2, -0.15) is 0 Å². The van der Waals surface area contributed by atoms with E-state index >= 15 is 0 Å². The summed E-state index contributed by atoms with van der Waals surface area (Å²) >= 11 is 6.10. The molecular formula is C21H23ClN2O3. The second kappa shape index (κ2) is 8.01. The lowest BCUT2D eigenvalue weighted by Gasteiger charge is -2.18. The van der Waals surface area contributed by atoms with Crippen LogP contribution in [0.2, 0.25) is 5.02 Å². The number of rotatable bonds is 5. The van der Waals surface area contributed by atoms with Gasteiger partial charge in [0, 0.05) is 29.4 Å². The van der Waals surface area contributed by atoms with Crippen LogP contribution in [0.3, 0.4) is 0 Å². The minimum atomic E-state index is -0.400. The van der Waals surface area contributed by atoms with Gasteiger partial charge < -0.3 is 15.0 Å². The first-order chi connectivity index (χ1) is 12.8. The van der Waals surface area contributed by atoms with Crippen LogP contribution in [0.4, 0.5) is 11.4 Å². The van der Waals surface area contributed by atoms with E-state index in [9.17, 15) is 9.59 Å². The third-order valence-corrected chi connectivity index (χ3v) is 4.95. The fourth-order valence-corrected chi connectivity index (χ4v) is 3.26. The summed E-state index contributed by atoms with van der Waals surface area (Å²) in [4.78, 5) is 26.7. The molecule has 1 heterocycles. The third-order valence-electron chi connectivity index (χ3n) is 4.54. The van der Waals surface area contributed by atoms with E-state index in [1.54, 1.807) is 23.1 Å². The Morgan fingerprint density at radius 2 is 1.93 bits per heavy atom. The van der Waals surface area contributed by atoms with Crippen LogP contribution in [0.5, 0.6) is 5.75 Å². The number of hydrogen-bond donors (Lipinski definition) is 1. The van der Waals surface area contributed by atoms with Crippen molar-refractivity contribution >= 4 is 34.8 Å². The maximum atomic E-state index is 12.6. The lowest BCUT2D eigenvalue weighted by molar-refractivity contribution is -0.122. The molecule has 1 N–H and O–H groups in total. The van der Waals surface area contributed by atoms with E-state index in [-0.39, 0.29) is 24.3 Å². The number of hydrogen-bond acceptors (Lipinski definition) is 3. The average molecular weight is 387 g/mol. The normalized spacial score (nSPS) is 16.7. The molecule has 27 heavy (non-hydrogen) atoms. The Bertz CT molecular complexity index is 849. The van der Waals surface area contributed by atoms with Gasteiger partial charge >= 0.3 is 0 Å². The molecule has 0 radical (unpaired) electrons. The van der Waals surface area contributed by atoms with Crippen molar-refractivity contribution in [1.82, 2.24) is 0 Å². The Morgan fingerprint density at radius 3 is 2.59 bits per heavy atom. The van der Waals surface area contributed by atoms with Crippen molar-refractivity contribution in [2.24, 2.45) is 5.92 Å². The number of nitrogens with zero attached hydrogens (tertiary/aromatic N) is 1. The topological polar surface area (TPSA) is 58.6 Å². The molecule has 0 spiro atoms. The fourth-order valence-electron chi connectivity index (χ4n) is 3.09. The van der Waals surface area contributed by atoms with Crippen molar-refractivity contribution in [3.63, 3.8) is 0 Å². The molecule has 2 amide bonds. The second-order valence-electron chi connectivity index (χ2n) is 6.97. The molecule has 0 unspecified atom stereocenters. The molecule has 0 aliphatic carbocycles. The van der Waals surface area contributed by atoms with Crippen molar-refractivity contribution in [3.8, 4) is 5.75 Å². The van der Waals surface area contributed by atoms with Crippen LogP contribution in [0.25, 0.3) is 0 Å². The van der Waals surface area contributed by atoms with Gasteiger partial charge in [0.25, 0.3) is 0 Å². The highest BCUT2D eigenvalue weighted by Gasteiger charge is 2.35. The van der Waals surface area contributed by atoms with E-state index in [0.717, 1.165) is 17.0 Å². The van der Waals surface area contributed by atoms with Crippen LogP contribution in [-0.4, -0.2) is 24.5 Å². The molecule has 5 nitrogen and oxygen atoms in total. The summed E-state index contributed by atoms with van der Waals surface area (Å²) < 4.78 is 5.63. The number of amides is 2. The van der Waals surface area contributed by atoms with Crippen molar-refractivity contribution in [3.05, 3.63) is 53.1 Å². The van der Waals surface area contributed by atoms with E-state index in [4.69, 9.17) is 16.3 Å². The van der Waals surface area contributed by atoms with Crippen LogP contribution >= 0.6 is 11.6 Å².